The van der Waals surface area contributed by atoms with Crippen LogP contribution in [0, 0.1) is 10.1 Å². The molecule has 0 spiro atoms. The molecule has 1 aliphatic heterocycles. The first kappa shape index (κ1) is 16.7. The molecule has 2 heterocycles. The zero-order valence-corrected chi connectivity index (χ0v) is 15.0. The number of nitro groups is 1. The first-order valence-electron chi connectivity index (χ1n) is 9.00. The Morgan fingerprint density at radius 3 is 2.60 bits per heavy atom. The van der Waals surface area contributed by atoms with Crippen molar-refractivity contribution in [2.75, 3.05) is 13.1 Å². The third-order valence-corrected chi connectivity index (χ3v) is 6.30. The molecule has 5 nitrogen and oxygen atoms in total. The lowest BCUT2D eigenvalue weighted by Crippen LogP contribution is -2.42. The van der Waals surface area contributed by atoms with Gasteiger partial charge in [-0.25, -0.2) is 0 Å². The number of benzene rings is 1. The lowest BCUT2D eigenvalue weighted by atomic mass is 10.0. The maximum Gasteiger partial charge on any atom is 0.278 e. The molecule has 0 bridgehead atoms. The van der Waals surface area contributed by atoms with E-state index in [1.54, 1.807) is 23.5 Å². The van der Waals surface area contributed by atoms with Gasteiger partial charge in [0, 0.05) is 34.4 Å². The van der Waals surface area contributed by atoms with Crippen LogP contribution in [0.5, 0.6) is 0 Å². The fourth-order valence-electron chi connectivity index (χ4n) is 3.61. The number of para-hydroxylation sites is 1. The summed E-state index contributed by atoms with van der Waals surface area (Å²) in [6, 6.07) is 12.5. The number of thiophene rings is 1. The van der Waals surface area contributed by atoms with Crippen LogP contribution in [0.15, 0.2) is 36.4 Å². The van der Waals surface area contributed by atoms with E-state index in [-0.39, 0.29) is 10.6 Å². The van der Waals surface area contributed by atoms with Crippen molar-refractivity contribution < 1.29 is 4.92 Å². The van der Waals surface area contributed by atoms with E-state index >= 15 is 0 Å². The van der Waals surface area contributed by atoms with Crippen LogP contribution in [-0.4, -0.2) is 35.0 Å². The van der Waals surface area contributed by atoms with Crippen molar-refractivity contribution in [2.45, 2.75) is 44.3 Å². The number of nitro benzene ring substituents is 1. The van der Waals surface area contributed by atoms with Gasteiger partial charge in [0.25, 0.3) is 5.69 Å². The van der Waals surface area contributed by atoms with Gasteiger partial charge in [0.15, 0.2) is 0 Å². The molecule has 0 radical (unpaired) electrons. The molecule has 1 aliphatic carbocycles. The quantitative estimate of drug-likeness (QED) is 0.626. The zero-order chi connectivity index (χ0) is 17.2. The standard InChI is InChI=1S/C19H23N3O2S/c23-22(24)18-4-2-1-3-17(18)19-8-7-16(25-19)13-20-14-9-11-21(12-10-14)15-5-6-15/h1-4,7-8,14-15,20H,5-6,9-13H2. The Hall–Kier alpha value is -1.76. The molecular formula is C19H23N3O2S. The van der Waals surface area contributed by atoms with Gasteiger partial charge in [-0.1, -0.05) is 12.1 Å². The van der Waals surface area contributed by atoms with E-state index in [4.69, 9.17) is 0 Å². The Bertz CT molecular complexity index is 749. The lowest BCUT2D eigenvalue weighted by Gasteiger charge is -2.32. The summed E-state index contributed by atoms with van der Waals surface area (Å²) in [7, 11) is 0. The molecule has 1 aromatic heterocycles. The number of likely N-dealkylation sites (tertiary alicyclic amines) is 1. The highest BCUT2D eigenvalue weighted by molar-refractivity contribution is 7.15. The Labute approximate surface area is 151 Å². The number of nitrogens with zero attached hydrogens (tertiary/aromatic N) is 2. The fourth-order valence-corrected chi connectivity index (χ4v) is 4.60. The molecule has 25 heavy (non-hydrogen) atoms. The monoisotopic (exact) mass is 357 g/mol. The van der Waals surface area contributed by atoms with E-state index in [2.05, 4.69) is 16.3 Å². The molecule has 0 amide bonds. The highest BCUT2D eigenvalue weighted by atomic mass is 32.1. The van der Waals surface area contributed by atoms with Crippen LogP contribution in [0.2, 0.25) is 0 Å². The van der Waals surface area contributed by atoms with Gasteiger partial charge in [-0.05, 0) is 57.0 Å². The van der Waals surface area contributed by atoms with Gasteiger partial charge in [-0.3, -0.25) is 10.1 Å². The summed E-state index contributed by atoms with van der Waals surface area (Å²) in [5, 5.41) is 14.9. The van der Waals surface area contributed by atoms with E-state index < -0.39 is 0 Å². The molecule has 0 unspecified atom stereocenters. The molecule has 132 valence electrons. The Morgan fingerprint density at radius 2 is 1.88 bits per heavy atom. The molecule has 2 fully saturated rings. The van der Waals surface area contributed by atoms with Crippen molar-refractivity contribution in [1.82, 2.24) is 10.2 Å². The molecule has 2 aliphatic rings. The van der Waals surface area contributed by atoms with Crippen molar-refractivity contribution in [1.29, 1.82) is 0 Å². The van der Waals surface area contributed by atoms with Crippen molar-refractivity contribution in [3.05, 3.63) is 51.4 Å². The lowest BCUT2D eigenvalue weighted by molar-refractivity contribution is -0.384. The number of hydrogen-bond donors (Lipinski definition) is 1. The minimum absolute atomic E-state index is 0.177. The van der Waals surface area contributed by atoms with Gasteiger partial charge >= 0.3 is 0 Å². The Kier molecular flexibility index (Phi) is 4.83. The van der Waals surface area contributed by atoms with Crippen LogP contribution in [0.3, 0.4) is 0 Å². The molecule has 1 aromatic carbocycles. The molecule has 0 atom stereocenters. The fraction of sp³-hybridized carbons (Fsp3) is 0.474. The zero-order valence-electron chi connectivity index (χ0n) is 14.2. The molecule has 1 N–H and O–H groups in total. The normalized spacial score (nSPS) is 19.2. The van der Waals surface area contributed by atoms with Gasteiger partial charge in [-0.2, -0.15) is 0 Å². The number of piperidine rings is 1. The van der Waals surface area contributed by atoms with Crippen LogP contribution < -0.4 is 5.32 Å². The van der Waals surface area contributed by atoms with E-state index in [9.17, 15) is 10.1 Å². The Morgan fingerprint density at radius 1 is 1.12 bits per heavy atom. The Balaban J connectivity index is 1.35. The molecule has 1 saturated carbocycles. The second-order valence-corrected chi connectivity index (χ2v) is 8.13. The van der Waals surface area contributed by atoms with E-state index in [1.165, 1.54) is 43.6 Å². The van der Waals surface area contributed by atoms with E-state index in [0.29, 0.717) is 11.6 Å². The SMILES string of the molecule is O=[N+]([O-])c1ccccc1-c1ccc(CNC2CCN(C3CC3)CC2)s1. The highest BCUT2D eigenvalue weighted by Gasteiger charge is 2.31. The summed E-state index contributed by atoms with van der Waals surface area (Å²) < 4.78 is 0. The highest BCUT2D eigenvalue weighted by Crippen LogP contribution is 2.35. The van der Waals surface area contributed by atoms with Crippen molar-refractivity contribution in [3.8, 4) is 10.4 Å². The van der Waals surface area contributed by atoms with Crippen LogP contribution >= 0.6 is 11.3 Å². The molecule has 4 rings (SSSR count). The number of nitrogens with one attached hydrogen (secondary N) is 1. The third kappa shape index (κ3) is 3.92. The average molecular weight is 357 g/mol. The summed E-state index contributed by atoms with van der Waals surface area (Å²) in [5.74, 6) is 0. The van der Waals surface area contributed by atoms with Crippen molar-refractivity contribution in [3.63, 3.8) is 0 Å². The summed E-state index contributed by atoms with van der Waals surface area (Å²) in [6.07, 6.45) is 5.22. The topological polar surface area (TPSA) is 58.4 Å². The summed E-state index contributed by atoms with van der Waals surface area (Å²) in [4.78, 5) is 15.7. The van der Waals surface area contributed by atoms with E-state index in [1.807, 2.05) is 18.2 Å². The van der Waals surface area contributed by atoms with E-state index in [0.717, 1.165) is 17.5 Å². The maximum absolute atomic E-state index is 11.2. The second-order valence-electron chi connectivity index (χ2n) is 6.96. The minimum atomic E-state index is -0.305. The predicted octanol–water partition coefficient (Wildman–Crippen LogP) is 4.04. The largest absolute Gasteiger partial charge is 0.309 e. The number of hydrogen-bond acceptors (Lipinski definition) is 5. The van der Waals surface area contributed by atoms with Crippen LogP contribution in [0.25, 0.3) is 10.4 Å². The minimum Gasteiger partial charge on any atom is -0.309 e. The molecular weight excluding hydrogens is 334 g/mol. The average Bonchev–Trinajstić information content (AvgIpc) is 3.38. The van der Waals surface area contributed by atoms with Gasteiger partial charge in [0.05, 0.1) is 10.5 Å². The van der Waals surface area contributed by atoms with Crippen molar-refractivity contribution >= 4 is 17.0 Å². The summed E-state index contributed by atoms with van der Waals surface area (Å²) in [6.45, 7) is 3.28. The summed E-state index contributed by atoms with van der Waals surface area (Å²) in [5.41, 5.74) is 0.887. The molecule has 2 aromatic rings. The molecule has 1 saturated heterocycles. The molecule has 6 heteroatoms. The van der Waals surface area contributed by atoms with Crippen LogP contribution in [0.1, 0.15) is 30.6 Å². The number of rotatable bonds is 6. The van der Waals surface area contributed by atoms with Gasteiger partial charge in [0.2, 0.25) is 0 Å². The first-order chi connectivity index (χ1) is 12.2. The summed E-state index contributed by atoms with van der Waals surface area (Å²) >= 11 is 1.64. The third-order valence-electron chi connectivity index (χ3n) is 5.19. The van der Waals surface area contributed by atoms with Gasteiger partial charge in [-0.15, -0.1) is 11.3 Å². The van der Waals surface area contributed by atoms with Gasteiger partial charge in [0.1, 0.15) is 0 Å². The first-order valence-corrected chi connectivity index (χ1v) is 9.82. The van der Waals surface area contributed by atoms with Crippen molar-refractivity contribution in [2.24, 2.45) is 0 Å². The smallest absolute Gasteiger partial charge is 0.278 e. The maximum atomic E-state index is 11.2. The second kappa shape index (κ2) is 7.23. The van der Waals surface area contributed by atoms with Gasteiger partial charge < -0.3 is 10.2 Å². The predicted molar refractivity (Wildman–Crippen MR) is 101 cm³/mol. The van der Waals surface area contributed by atoms with Crippen LogP contribution in [-0.2, 0) is 6.54 Å². The van der Waals surface area contributed by atoms with Crippen LogP contribution in [0.4, 0.5) is 5.69 Å².